The summed E-state index contributed by atoms with van der Waals surface area (Å²) in [6.07, 6.45) is -4.45. The Kier molecular flexibility index (Phi) is 2.86. The summed E-state index contributed by atoms with van der Waals surface area (Å²) < 4.78 is 40.5. The van der Waals surface area contributed by atoms with Crippen LogP contribution in [0.1, 0.15) is 5.69 Å². The van der Waals surface area contributed by atoms with Crippen LogP contribution in [0.15, 0.2) is 30.3 Å². The van der Waals surface area contributed by atoms with Crippen LogP contribution in [0.5, 0.6) is 0 Å². The van der Waals surface area contributed by atoms with Crippen LogP contribution < -0.4 is 4.90 Å². The summed E-state index contributed by atoms with van der Waals surface area (Å²) in [6.45, 7) is 0. The van der Waals surface area contributed by atoms with E-state index in [1.54, 1.807) is 13.1 Å². The van der Waals surface area contributed by atoms with Crippen molar-refractivity contribution >= 4 is 27.4 Å². The molecule has 3 nitrogen and oxygen atoms in total. The van der Waals surface area contributed by atoms with Crippen molar-refractivity contribution in [2.75, 3.05) is 19.0 Å². The van der Waals surface area contributed by atoms with E-state index in [0.29, 0.717) is 5.52 Å². The number of hydrogen-bond donors (Lipinski definition) is 0. The number of rotatable bonds is 1. The predicted octanol–water partition coefficient (Wildman–Crippen LogP) is 3.81. The average Bonchev–Trinajstić information content (AvgIpc) is 2.75. The molecule has 0 unspecified atom stereocenters. The van der Waals surface area contributed by atoms with Crippen molar-refractivity contribution in [3.8, 4) is 0 Å². The fourth-order valence-electron chi connectivity index (χ4n) is 2.72. The minimum Gasteiger partial charge on any atom is -0.377 e. The zero-order valence-electron chi connectivity index (χ0n) is 11.9. The second-order valence-electron chi connectivity index (χ2n) is 5.20. The van der Waals surface area contributed by atoms with Crippen molar-refractivity contribution in [2.45, 2.75) is 6.18 Å². The Morgan fingerprint density at radius 1 is 1.00 bits per heavy atom. The molecule has 0 saturated carbocycles. The molecule has 0 saturated heterocycles. The van der Waals surface area contributed by atoms with Gasteiger partial charge in [-0.25, -0.2) is 0 Å². The lowest BCUT2D eigenvalue weighted by atomic mass is 10.0. The third kappa shape index (κ3) is 2.02. The normalized spacial score (nSPS) is 12.3. The van der Waals surface area contributed by atoms with E-state index in [1.165, 1.54) is 10.7 Å². The van der Waals surface area contributed by atoms with E-state index in [1.807, 2.05) is 37.2 Å². The molecule has 0 fully saturated rings. The Morgan fingerprint density at radius 3 is 2.29 bits per heavy atom. The van der Waals surface area contributed by atoms with Gasteiger partial charge in [0, 0.05) is 43.0 Å². The van der Waals surface area contributed by atoms with Crippen LogP contribution in [0.3, 0.4) is 0 Å². The number of aryl methyl sites for hydroxylation is 1. The van der Waals surface area contributed by atoms with Gasteiger partial charge in [-0.3, -0.25) is 4.68 Å². The number of hydrogen-bond acceptors (Lipinski definition) is 2. The summed E-state index contributed by atoms with van der Waals surface area (Å²) in [4.78, 5) is 1.94. The average molecular weight is 293 g/mol. The molecule has 3 aromatic rings. The van der Waals surface area contributed by atoms with E-state index in [0.717, 1.165) is 16.5 Å². The van der Waals surface area contributed by atoms with Gasteiger partial charge in [-0.15, -0.1) is 0 Å². The minimum absolute atomic E-state index is 0.133. The molecule has 0 amide bonds. The first kappa shape index (κ1) is 13.7. The first-order valence-corrected chi connectivity index (χ1v) is 6.43. The summed E-state index contributed by atoms with van der Waals surface area (Å²) in [6, 6.07) is 8.84. The lowest BCUT2D eigenvalue weighted by Crippen LogP contribution is -2.09. The topological polar surface area (TPSA) is 21.1 Å². The molecule has 1 aromatic heterocycles. The molecule has 0 aliphatic carbocycles. The molecule has 110 valence electrons. The van der Waals surface area contributed by atoms with Crippen molar-refractivity contribution in [3.05, 3.63) is 36.0 Å². The van der Waals surface area contributed by atoms with Crippen molar-refractivity contribution in [1.82, 2.24) is 9.78 Å². The van der Waals surface area contributed by atoms with Gasteiger partial charge in [0.25, 0.3) is 0 Å². The molecule has 2 aromatic carbocycles. The molecule has 0 spiro atoms. The Labute approximate surface area is 119 Å². The summed E-state index contributed by atoms with van der Waals surface area (Å²) >= 11 is 0. The van der Waals surface area contributed by atoms with Gasteiger partial charge in [-0.2, -0.15) is 18.3 Å². The molecule has 0 aliphatic rings. The monoisotopic (exact) mass is 293 g/mol. The maximum atomic E-state index is 13.1. The van der Waals surface area contributed by atoms with E-state index in [-0.39, 0.29) is 5.39 Å². The van der Waals surface area contributed by atoms with E-state index < -0.39 is 11.9 Å². The molecule has 0 N–H and O–H groups in total. The molecule has 6 heteroatoms. The predicted molar refractivity (Wildman–Crippen MR) is 77.5 cm³/mol. The SMILES string of the molecule is CN(C)c1cccc2c1ccc1c(C(F)(F)F)nn(C)c12. The van der Waals surface area contributed by atoms with Crippen LogP contribution in [0.25, 0.3) is 21.7 Å². The van der Waals surface area contributed by atoms with Gasteiger partial charge in [0.1, 0.15) is 0 Å². The van der Waals surface area contributed by atoms with E-state index >= 15 is 0 Å². The molecule has 0 radical (unpaired) electrons. The van der Waals surface area contributed by atoms with Crippen LogP contribution in [-0.2, 0) is 13.2 Å². The second kappa shape index (κ2) is 4.38. The quantitative estimate of drug-likeness (QED) is 0.680. The lowest BCUT2D eigenvalue weighted by molar-refractivity contribution is -0.140. The number of aromatic nitrogens is 2. The number of anilines is 1. The van der Waals surface area contributed by atoms with Crippen LogP contribution in [0.2, 0.25) is 0 Å². The first-order chi connectivity index (χ1) is 9.80. The lowest BCUT2D eigenvalue weighted by Gasteiger charge is -2.15. The maximum Gasteiger partial charge on any atom is 0.435 e. The zero-order valence-corrected chi connectivity index (χ0v) is 11.9. The molecule has 0 atom stereocenters. The Bertz CT molecular complexity index is 831. The van der Waals surface area contributed by atoms with E-state index in [9.17, 15) is 13.2 Å². The highest BCUT2D eigenvalue weighted by Crippen LogP contribution is 2.38. The fourth-order valence-corrected chi connectivity index (χ4v) is 2.72. The van der Waals surface area contributed by atoms with Crippen LogP contribution in [-0.4, -0.2) is 23.9 Å². The molecule has 1 heterocycles. The summed E-state index contributed by atoms with van der Waals surface area (Å²) in [5.41, 5.74) is 0.629. The summed E-state index contributed by atoms with van der Waals surface area (Å²) in [5, 5.41) is 5.47. The van der Waals surface area contributed by atoms with Crippen molar-refractivity contribution in [1.29, 1.82) is 0 Å². The molecular weight excluding hydrogens is 279 g/mol. The smallest absolute Gasteiger partial charge is 0.377 e. The molecular formula is C15H14F3N3. The number of halogens is 3. The van der Waals surface area contributed by atoms with E-state index in [4.69, 9.17) is 0 Å². The third-order valence-corrected chi connectivity index (χ3v) is 3.59. The summed E-state index contributed by atoms with van der Waals surface area (Å²) in [5.74, 6) is 0. The number of benzene rings is 2. The molecule has 21 heavy (non-hydrogen) atoms. The first-order valence-electron chi connectivity index (χ1n) is 6.43. The van der Waals surface area contributed by atoms with Gasteiger partial charge >= 0.3 is 6.18 Å². The Hall–Kier alpha value is -2.24. The Balaban J connectivity index is 2.46. The van der Waals surface area contributed by atoms with Crippen LogP contribution >= 0.6 is 0 Å². The molecule has 0 bridgehead atoms. The highest BCUT2D eigenvalue weighted by atomic mass is 19.4. The van der Waals surface area contributed by atoms with Gasteiger partial charge < -0.3 is 4.90 Å². The van der Waals surface area contributed by atoms with E-state index in [2.05, 4.69) is 5.10 Å². The van der Waals surface area contributed by atoms with Gasteiger partial charge in [-0.05, 0) is 12.1 Å². The van der Waals surface area contributed by atoms with Crippen LogP contribution in [0.4, 0.5) is 18.9 Å². The van der Waals surface area contributed by atoms with Gasteiger partial charge in [0.2, 0.25) is 0 Å². The number of nitrogens with zero attached hydrogens (tertiary/aromatic N) is 3. The molecule has 0 aliphatic heterocycles. The summed E-state index contributed by atoms with van der Waals surface area (Å²) in [7, 11) is 5.35. The highest BCUT2D eigenvalue weighted by Gasteiger charge is 2.36. The highest BCUT2D eigenvalue weighted by molar-refractivity contribution is 6.10. The number of fused-ring (bicyclic) bond motifs is 3. The molecule has 3 rings (SSSR count). The second-order valence-corrected chi connectivity index (χ2v) is 5.20. The largest absolute Gasteiger partial charge is 0.435 e. The van der Waals surface area contributed by atoms with Crippen LogP contribution in [0, 0.1) is 0 Å². The standard InChI is InChI=1S/C15H14F3N3/c1-20(2)12-6-4-5-10-9(12)7-8-11-13(10)21(3)19-14(11)15(16,17)18/h4-8H,1-3H3. The third-order valence-electron chi connectivity index (χ3n) is 3.59. The van der Waals surface area contributed by atoms with Gasteiger partial charge in [0.15, 0.2) is 5.69 Å². The minimum atomic E-state index is -4.45. The van der Waals surface area contributed by atoms with Crippen molar-refractivity contribution in [3.63, 3.8) is 0 Å². The Morgan fingerprint density at radius 2 is 1.67 bits per heavy atom. The zero-order chi connectivity index (χ0) is 15.4. The van der Waals surface area contributed by atoms with Crippen molar-refractivity contribution in [2.24, 2.45) is 7.05 Å². The maximum absolute atomic E-state index is 13.1. The fraction of sp³-hybridized carbons (Fsp3) is 0.267. The van der Waals surface area contributed by atoms with Crippen molar-refractivity contribution < 1.29 is 13.2 Å². The van der Waals surface area contributed by atoms with Gasteiger partial charge in [0.05, 0.1) is 5.52 Å². The number of alkyl halides is 3. The van der Waals surface area contributed by atoms with Gasteiger partial charge in [-0.1, -0.05) is 18.2 Å².